The summed E-state index contributed by atoms with van der Waals surface area (Å²) in [7, 11) is 0. The van der Waals surface area contributed by atoms with Gasteiger partial charge in [-0.2, -0.15) is 0 Å². The van der Waals surface area contributed by atoms with Gasteiger partial charge in [-0.1, -0.05) is 18.2 Å². The Kier molecular flexibility index (Phi) is 6.37. The van der Waals surface area contributed by atoms with Crippen LogP contribution in [0.2, 0.25) is 0 Å². The van der Waals surface area contributed by atoms with Crippen LogP contribution in [-0.2, 0) is 0 Å². The number of benzene rings is 2. The fourth-order valence-corrected chi connectivity index (χ4v) is 1.58. The van der Waals surface area contributed by atoms with E-state index in [2.05, 4.69) is 0 Å². The van der Waals surface area contributed by atoms with Crippen molar-refractivity contribution in [3.63, 3.8) is 0 Å². The summed E-state index contributed by atoms with van der Waals surface area (Å²) in [5, 5.41) is 0. The number of hydrogen-bond donors (Lipinski definition) is 2. The van der Waals surface area contributed by atoms with Gasteiger partial charge in [-0.25, -0.2) is 0 Å². The maximum atomic E-state index is 5.87. The van der Waals surface area contributed by atoms with E-state index in [1.165, 1.54) is 0 Å². The third-order valence-corrected chi connectivity index (χ3v) is 2.29. The minimum atomic E-state index is 0. The highest BCUT2D eigenvalue weighted by molar-refractivity contribution is 5.85. The Morgan fingerprint density at radius 3 is 2.11 bits per heavy atom. The van der Waals surface area contributed by atoms with Crippen molar-refractivity contribution in [1.82, 2.24) is 0 Å². The molecule has 18 heavy (non-hydrogen) atoms. The first kappa shape index (κ1) is 16.4. The van der Waals surface area contributed by atoms with Crippen LogP contribution in [0, 0.1) is 6.92 Å². The smallest absolute Gasteiger partial charge is 0.153 e. The molecule has 0 aromatic heterocycles. The van der Waals surface area contributed by atoms with Crippen molar-refractivity contribution in [2.24, 2.45) is 0 Å². The molecule has 2 aromatic rings. The van der Waals surface area contributed by atoms with Gasteiger partial charge in [0.15, 0.2) is 5.75 Å². The normalized spacial score (nSPS) is 8.94. The van der Waals surface area contributed by atoms with Gasteiger partial charge in [0.1, 0.15) is 5.75 Å². The molecule has 2 aromatic carbocycles. The number of rotatable bonds is 2. The Balaban J connectivity index is 0.00000144. The highest BCUT2D eigenvalue weighted by Gasteiger charge is 2.06. The first-order valence-electron chi connectivity index (χ1n) is 5.05. The van der Waals surface area contributed by atoms with Gasteiger partial charge in [-0.15, -0.1) is 24.8 Å². The molecule has 0 saturated carbocycles. The minimum absolute atomic E-state index is 0. The van der Waals surface area contributed by atoms with Crippen LogP contribution in [0.15, 0.2) is 42.5 Å². The van der Waals surface area contributed by atoms with E-state index < -0.39 is 0 Å². The van der Waals surface area contributed by atoms with E-state index in [4.69, 9.17) is 16.2 Å². The maximum absolute atomic E-state index is 5.87. The van der Waals surface area contributed by atoms with Crippen molar-refractivity contribution >= 4 is 36.2 Å². The molecule has 0 spiro atoms. The van der Waals surface area contributed by atoms with E-state index in [0.29, 0.717) is 17.1 Å². The molecular formula is C13H16Cl2N2O. The largest absolute Gasteiger partial charge is 0.455 e. The number of para-hydroxylation sites is 1. The summed E-state index contributed by atoms with van der Waals surface area (Å²) in [5.74, 6) is 1.43. The molecule has 0 atom stereocenters. The molecule has 0 unspecified atom stereocenters. The second kappa shape index (κ2) is 6.99. The standard InChI is InChI=1S/C13H14N2O.2ClH/c1-9-7-10(14)8-12(15)13(9)16-11-5-3-2-4-6-11;;/h2-8H,14-15H2,1H3;2*1H. The molecule has 0 fully saturated rings. The number of nitrogen functional groups attached to an aromatic ring is 2. The minimum Gasteiger partial charge on any atom is -0.455 e. The van der Waals surface area contributed by atoms with Crippen LogP contribution in [-0.4, -0.2) is 0 Å². The van der Waals surface area contributed by atoms with Gasteiger partial charge >= 0.3 is 0 Å². The van der Waals surface area contributed by atoms with Crippen molar-refractivity contribution in [2.75, 3.05) is 11.5 Å². The van der Waals surface area contributed by atoms with Crippen molar-refractivity contribution < 1.29 is 4.74 Å². The Hall–Kier alpha value is -1.58. The number of aryl methyl sites for hydroxylation is 1. The molecule has 0 amide bonds. The van der Waals surface area contributed by atoms with Gasteiger partial charge in [0, 0.05) is 5.69 Å². The second-order valence-electron chi connectivity index (χ2n) is 3.67. The third-order valence-electron chi connectivity index (χ3n) is 2.29. The zero-order valence-electron chi connectivity index (χ0n) is 9.92. The van der Waals surface area contributed by atoms with Crippen LogP contribution in [0.1, 0.15) is 5.56 Å². The zero-order chi connectivity index (χ0) is 11.5. The summed E-state index contributed by atoms with van der Waals surface area (Å²) in [6.07, 6.45) is 0. The second-order valence-corrected chi connectivity index (χ2v) is 3.67. The fourth-order valence-electron chi connectivity index (χ4n) is 1.58. The predicted octanol–water partition coefficient (Wildman–Crippen LogP) is 3.80. The van der Waals surface area contributed by atoms with Crippen molar-refractivity contribution in [2.45, 2.75) is 6.92 Å². The number of halogens is 2. The van der Waals surface area contributed by atoms with Gasteiger partial charge in [-0.05, 0) is 36.8 Å². The number of nitrogens with two attached hydrogens (primary N) is 2. The third kappa shape index (κ3) is 3.72. The predicted molar refractivity (Wildman–Crippen MR) is 81.0 cm³/mol. The van der Waals surface area contributed by atoms with Crippen LogP contribution in [0.4, 0.5) is 11.4 Å². The molecule has 0 bridgehead atoms. The first-order valence-corrected chi connectivity index (χ1v) is 5.05. The summed E-state index contributed by atoms with van der Waals surface area (Å²) >= 11 is 0. The lowest BCUT2D eigenvalue weighted by molar-refractivity contribution is 0.481. The van der Waals surface area contributed by atoms with Crippen molar-refractivity contribution in [3.05, 3.63) is 48.0 Å². The molecule has 0 heterocycles. The highest BCUT2D eigenvalue weighted by Crippen LogP contribution is 2.32. The zero-order valence-corrected chi connectivity index (χ0v) is 11.6. The van der Waals surface area contributed by atoms with E-state index in [1.807, 2.05) is 43.3 Å². The Morgan fingerprint density at radius 1 is 0.944 bits per heavy atom. The number of hydrogen-bond acceptors (Lipinski definition) is 3. The molecule has 0 radical (unpaired) electrons. The van der Waals surface area contributed by atoms with Crippen molar-refractivity contribution in [3.8, 4) is 11.5 Å². The Morgan fingerprint density at radius 2 is 1.56 bits per heavy atom. The maximum Gasteiger partial charge on any atom is 0.153 e. The molecule has 0 saturated heterocycles. The summed E-state index contributed by atoms with van der Waals surface area (Å²) in [6.45, 7) is 1.92. The molecule has 98 valence electrons. The Labute approximate surface area is 119 Å². The van der Waals surface area contributed by atoms with Gasteiger partial charge in [0.2, 0.25) is 0 Å². The van der Waals surface area contributed by atoms with E-state index in [1.54, 1.807) is 6.07 Å². The molecule has 0 aliphatic heterocycles. The summed E-state index contributed by atoms with van der Waals surface area (Å²) in [5.41, 5.74) is 13.7. The molecular weight excluding hydrogens is 271 g/mol. The fraction of sp³-hybridized carbons (Fsp3) is 0.0769. The molecule has 0 aliphatic carbocycles. The monoisotopic (exact) mass is 286 g/mol. The number of ether oxygens (including phenoxy) is 1. The van der Waals surface area contributed by atoms with Crippen LogP contribution in [0.5, 0.6) is 11.5 Å². The molecule has 4 N–H and O–H groups in total. The van der Waals surface area contributed by atoms with E-state index in [-0.39, 0.29) is 24.8 Å². The van der Waals surface area contributed by atoms with Crippen LogP contribution >= 0.6 is 24.8 Å². The average Bonchev–Trinajstić information content (AvgIpc) is 2.25. The molecule has 0 aliphatic rings. The van der Waals surface area contributed by atoms with Crippen molar-refractivity contribution in [1.29, 1.82) is 0 Å². The Bertz CT molecular complexity index is 481. The topological polar surface area (TPSA) is 61.3 Å². The molecule has 2 rings (SSSR count). The van der Waals surface area contributed by atoms with Gasteiger partial charge in [0.25, 0.3) is 0 Å². The SMILES string of the molecule is Cc1cc(N)cc(N)c1Oc1ccccc1.Cl.Cl. The van der Waals surface area contributed by atoms with Gasteiger partial charge < -0.3 is 16.2 Å². The highest BCUT2D eigenvalue weighted by atomic mass is 35.5. The quantitative estimate of drug-likeness (QED) is 0.826. The van der Waals surface area contributed by atoms with Crippen LogP contribution in [0.3, 0.4) is 0 Å². The van der Waals surface area contributed by atoms with Crippen LogP contribution in [0.25, 0.3) is 0 Å². The van der Waals surface area contributed by atoms with Crippen LogP contribution < -0.4 is 16.2 Å². The van der Waals surface area contributed by atoms with Gasteiger partial charge in [0.05, 0.1) is 5.69 Å². The van der Waals surface area contributed by atoms with E-state index >= 15 is 0 Å². The average molecular weight is 287 g/mol. The molecule has 3 nitrogen and oxygen atoms in total. The lowest BCUT2D eigenvalue weighted by atomic mass is 10.1. The first-order chi connectivity index (χ1) is 7.66. The lowest BCUT2D eigenvalue weighted by Gasteiger charge is -2.12. The van der Waals surface area contributed by atoms with E-state index in [9.17, 15) is 0 Å². The lowest BCUT2D eigenvalue weighted by Crippen LogP contribution is -1.97. The van der Waals surface area contributed by atoms with E-state index in [0.717, 1.165) is 11.3 Å². The summed E-state index contributed by atoms with van der Waals surface area (Å²) in [6, 6.07) is 13.1. The summed E-state index contributed by atoms with van der Waals surface area (Å²) in [4.78, 5) is 0. The van der Waals surface area contributed by atoms with Gasteiger partial charge in [-0.3, -0.25) is 0 Å². The molecule has 5 heteroatoms. The summed E-state index contributed by atoms with van der Waals surface area (Å²) < 4.78 is 5.71. The number of anilines is 2.